The molecule has 0 aromatic heterocycles. The first-order valence-electron chi connectivity index (χ1n) is 14.0. The largest absolute Gasteiger partial charge is 0.623 e. The third kappa shape index (κ3) is 5.73. The van der Waals surface area contributed by atoms with E-state index in [2.05, 4.69) is 102 Å². The third-order valence-corrected chi connectivity index (χ3v) is 7.67. The van der Waals surface area contributed by atoms with Crippen molar-refractivity contribution in [3.63, 3.8) is 0 Å². The average molecular weight is 522 g/mol. The second-order valence-corrected chi connectivity index (χ2v) is 12.4. The van der Waals surface area contributed by atoms with Gasteiger partial charge in [-0.15, -0.1) is 0 Å². The van der Waals surface area contributed by atoms with Crippen LogP contribution >= 0.6 is 0 Å². The fourth-order valence-corrected chi connectivity index (χ4v) is 5.16. The van der Waals surface area contributed by atoms with Crippen molar-refractivity contribution in [2.75, 3.05) is 7.11 Å². The van der Waals surface area contributed by atoms with Crippen LogP contribution in [0.25, 0.3) is 34.4 Å². The van der Waals surface area contributed by atoms with Crippen molar-refractivity contribution in [1.29, 1.82) is 0 Å². The van der Waals surface area contributed by atoms with Gasteiger partial charge in [-0.2, -0.15) is 0 Å². The molecule has 0 aromatic rings. The highest BCUT2D eigenvalue weighted by Gasteiger charge is 2.23. The molecular weight excluding hydrogens is 478 g/mol. The van der Waals surface area contributed by atoms with Gasteiger partial charge in [0, 0.05) is 31.9 Å². The van der Waals surface area contributed by atoms with E-state index in [1.165, 1.54) is 33.4 Å². The second-order valence-electron chi connectivity index (χ2n) is 12.4. The van der Waals surface area contributed by atoms with Crippen molar-refractivity contribution in [3.8, 4) is 28.0 Å². The van der Waals surface area contributed by atoms with E-state index >= 15 is 0 Å². The fourth-order valence-electron chi connectivity index (χ4n) is 5.16. The first-order chi connectivity index (χ1) is 18.3. The van der Waals surface area contributed by atoms with Crippen LogP contribution in [0.15, 0.2) is 48.5 Å². The topological polar surface area (TPSA) is 35.3 Å². The molecule has 0 fully saturated rings. The molecule has 0 saturated heterocycles. The first kappa shape index (κ1) is 28.4. The van der Waals surface area contributed by atoms with Crippen LogP contribution in [0.2, 0.25) is 0 Å². The summed E-state index contributed by atoms with van der Waals surface area (Å²) in [5.74, 6) is 1.70. The minimum Gasteiger partial charge on any atom is -0.623 e. The summed E-state index contributed by atoms with van der Waals surface area (Å²) in [5, 5.41) is 13.0. The van der Waals surface area contributed by atoms with Crippen molar-refractivity contribution >= 4 is 18.4 Å². The third-order valence-electron chi connectivity index (χ3n) is 7.67. The molecule has 3 heteroatoms. The van der Waals surface area contributed by atoms with Crippen molar-refractivity contribution < 1.29 is 9.48 Å². The summed E-state index contributed by atoms with van der Waals surface area (Å²) in [6, 6.07) is 17.7. The van der Waals surface area contributed by atoms with Gasteiger partial charge < -0.3 is 9.94 Å². The minimum absolute atomic E-state index is 0.385. The first-order valence-corrected chi connectivity index (χ1v) is 14.0. The Morgan fingerprint density at radius 1 is 0.718 bits per heavy atom. The molecule has 204 valence electrons. The van der Waals surface area contributed by atoms with Gasteiger partial charge in [0.05, 0.1) is 7.11 Å². The number of hydroxylamine groups is 1. The minimum atomic E-state index is -0.515. The lowest BCUT2D eigenvalue weighted by Crippen LogP contribution is -2.29. The van der Waals surface area contributed by atoms with Crippen LogP contribution in [0, 0.1) is 19.1 Å². The van der Waals surface area contributed by atoms with Crippen LogP contribution in [0.5, 0.6) is 5.75 Å². The van der Waals surface area contributed by atoms with Gasteiger partial charge in [0.1, 0.15) is 5.75 Å². The number of fused-ring (bicyclic) bond motifs is 2. The Morgan fingerprint density at radius 2 is 1.21 bits per heavy atom. The van der Waals surface area contributed by atoms with E-state index in [1.54, 1.807) is 13.3 Å². The smallest absolute Gasteiger partial charge is 0.182 e. The maximum absolute atomic E-state index is 13.0. The molecule has 0 spiro atoms. The number of aryl methyl sites for hydroxylation is 2. The quantitative estimate of drug-likeness (QED) is 0.110. The Labute approximate surface area is 235 Å². The van der Waals surface area contributed by atoms with Gasteiger partial charge in [-0.1, -0.05) is 70.2 Å². The van der Waals surface area contributed by atoms with Gasteiger partial charge >= 0.3 is 0 Å². The molecule has 0 aliphatic heterocycles. The number of hydrogen-bond donors (Lipinski definition) is 0. The number of rotatable bonds is 6. The summed E-state index contributed by atoms with van der Waals surface area (Å²) in [4.78, 5) is 0. The van der Waals surface area contributed by atoms with Crippen molar-refractivity contribution in [1.82, 2.24) is 0 Å². The van der Waals surface area contributed by atoms with Crippen molar-refractivity contribution in [2.24, 2.45) is 0 Å². The zero-order valence-corrected chi connectivity index (χ0v) is 25.3. The molecule has 0 aromatic carbocycles. The Hall–Kier alpha value is -3.59. The van der Waals surface area contributed by atoms with Crippen LogP contribution in [0.3, 0.4) is 0 Å². The lowest BCUT2D eigenvalue weighted by Gasteiger charge is -2.18. The van der Waals surface area contributed by atoms with Crippen LogP contribution in [0.4, 0.5) is 0 Å². The van der Waals surface area contributed by atoms with Crippen LogP contribution < -0.4 is 4.74 Å². The molecule has 0 saturated carbocycles. The van der Waals surface area contributed by atoms with Crippen molar-refractivity contribution in [2.45, 2.75) is 79.7 Å². The van der Waals surface area contributed by atoms with Gasteiger partial charge in [-0.25, -0.2) is 4.74 Å². The fraction of sp³-hybridized carbons (Fsp3) is 0.361. The monoisotopic (exact) mass is 521 g/mol. The molecule has 39 heavy (non-hydrogen) atoms. The average Bonchev–Trinajstić information content (AvgIpc) is 3.24. The van der Waals surface area contributed by atoms with Gasteiger partial charge in [-0.3, -0.25) is 0 Å². The number of hydrogen-bond acceptors (Lipinski definition) is 2. The van der Waals surface area contributed by atoms with E-state index in [0.717, 1.165) is 38.3 Å². The predicted octanol–water partition coefficient (Wildman–Crippen LogP) is 9.67. The Morgan fingerprint density at radius 3 is 1.69 bits per heavy atom. The molecular formula is C36H43NO2. The molecule has 0 heterocycles. The lowest BCUT2D eigenvalue weighted by molar-refractivity contribution is -0.530. The normalized spacial score (nSPS) is 13.0. The van der Waals surface area contributed by atoms with Gasteiger partial charge in [0.2, 0.25) is 0 Å². The maximum atomic E-state index is 13.0. The molecule has 0 radical (unpaired) electrons. The highest BCUT2D eigenvalue weighted by Crippen LogP contribution is 2.43. The second kappa shape index (κ2) is 10.9. The molecule has 4 rings (SSSR count). The van der Waals surface area contributed by atoms with E-state index in [-0.39, 0.29) is 0 Å². The molecule has 0 unspecified atom stereocenters. The molecule has 3 nitrogen and oxygen atoms in total. The molecule has 0 N–H and O–H groups in total. The molecule has 4 aliphatic rings. The standard InChI is InChI=1S/C36H43NO2/c1-22(2)26-13-11-24(5)34-28(17-30(31(34)18-26)21-37(38)36(7,8)9)15-16-29-20-33(39-10)32-19-27(23(3)4)14-12-25(6)35(29)32/h11-23H,1-10H3/b16-15+,37-21-. The number of methoxy groups -OCH3 is 1. The Kier molecular flexibility index (Phi) is 7.93. The number of ether oxygens (including phenoxy) is 1. The summed E-state index contributed by atoms with van der Waals surface area (Å²) in [5.41, 5.74) is 12.3. The maximum Gasteiger partial charge on any atom is 0.182 e. The molecule has 4 aliphatic carbocycles. The predicted molar refractivity (Wildman–Crippen MR) is 168 cm³/mol. The summed E-state index contributed by atoms with van der Waals surface area (Å²) >= 11 is 0. The highest BCUT2D eigenvalue weighted by atomic mass is 16.5. The van der Waals surface area contributed by atoms with Crippen LogP contribution in [-0.2, 0) is 0 Å². The van der Waals surface area contributed by atoms with E-state index in [9.17, 15) is 5.21 Å². The van der Waals surface area contributed by atoms with E-state index < -0.39 is 5.54 Å². The molecule has 0 bridgehead atoms. The molecule has 0 amide bonds. The lowest BCUT2D eigenvalue weighted by atomic mass is 9.99. The van der Waals surface area contributed by atoms with Crippen LogP contribution in [-0.4, -0.2) is 23.6 Å². The van der Waals surface area contributed by atoms with Gasteiger partial charge in [-0.05, 0) is 94.0 Å². The van der Waals surface area contributed by atoms with E-state index in [1.807, 2.05) is 20.8 Å². The summed E-state index contributed by atoms with van der Waals surface area (Å²) in [7, 11) is 1.74. The molecule has 0 atom stereocenters. The van der Waals surface area contributed by atoms with Gasteiger partial charge in [0.15, 0.2) is 11.8 Å². The number of nitrogens with zero attached hydrogens (tertiary/aromatic N) is 1. The Bertz CT molecular complexity index is 1500. The van der Waals surface area contributed by atoms with Crippen LogP contribution in [0.1, 0.15) is 99.2 Å². The van der Waals surface area contributed by atoms with Crippen molar-refractivity contribution in [3.05, 3.63) is 92.7 Å². The summed E-state index contributed by atoms with van der Waals surface area (Å²) in [6.45, 7) is 19.0. The summed E-state index contributed by atoms with van der Waals surface area (Å²) in [6.07, 6.45) is 6.14. The highest BCUT2D eigenvalue weighted by molar-refractivity contribution is 5.98. The zero-order chi connectivity index (χ0) is 28.6. The van der Waals surface area contributed by atoms with E-state index in [0.29, 0.717) is 11.8 Å². The Balaban J connectivity index is 1.92. The van der Waals surface area contributed by atoms with Gasteiger partial charge in [0.25, 0.3) is 0 Å². The summed E-state index contributed by atoms with van der Waals surface area (Å²) < 4.78 is 6.90. The zero-order valence-electron chi connectivity index (χ0n) is 25.3. The SMILES string of the molecule is COc1cc(/C=C/c2cc(/C=[N+](\[O-])C(C)(C)C)c3cc(C(C)C)ccc(C)c2-3)c2c(C)ccc(C(C)C)cc1-2. The van der Waals surface area contributed by atoms with E-state index in [4.69, 9.17) is 4.74 Å².